The van der Waals surface area contributed by atoms with Gasteiger partial charge in [0.2, 0.25) is 0 Å². The van der Waals surface area contributed by atoms with E-state index in [9.17, 15) is 0 Å². The first kappa shape index (κ1) is 14.5. The Morgan fingerprint density at radius 3 is 2.27 bits per heavy atom. The van der Waals surface area contributed by atoms with Gasteiger partial charge < -0.3 is 5.73 Å². The Hall–Kier alpha value is -0.500. The van der Waals surface area contributed by atoms with Gasteiger partial charge in [-0.25, -0.2) is 0 Å². The molecule has 0 radical (unpaired) electrons. The van der Waals surface area contributed by atoms with E-state index in [1.54, 1.807) is 0 Å². The van der Waals surface area contributed by atoms with Gasteiger partial charge in [0.1, 0.15) is 0 Å². The van der Waals surface area contributed by atoms with Gasteiger partial charge in [-0.1, -0.05) is 18.9 Å². The van der Waals surface area contributed by atoms with Crippen molar-refractivity contribution in [3.63, 3.8) is 0 Å². The quantitative estimate of drug-likeness (QED) is 0.424. The smallest absolute Gasteiger partial charge is 0.0905 e. The van der Waals surface area contributed by atoms with Crippen molar-refractivity contribution in [1.82, 2.24) is 0 Å². The zero-order valence-electron chi connectivity index (χ0n) is 9.37. The third-order valence-electron chi connectivity index (χ3n) is 3.29. The van der Waals surface area contributed by atoms with Crippen LogP contribution in [-0.2, 0) is 0 Å². The maximum absolute atomic E-state index is 7.18. The molecule has 0 spiro atoms. The van der Waals surface area contributed by atoms with Gasteiger partial charge >= 0.3 is 0 Å². The zero-order chi connectivity index (χ0) is 10.4. The first-order valence-corrected chi connectivity index (χ1v) is 5.66. The Bertz CT molecular complexity index is 196. The van der Waals surface area contributed by atoms with Gasteiger partial charge in [0.15, 0.2) is 0 Å². The maximum Gasteiger partial charge on any atom is 0.0905 e. The highest BCUT2D eigenvalue weighted by Gasteiger charge is 2.19. The summed E-state index contributed by atoms with van der Waals surface area (Å²) >= 11 is 0. The molecule has 1 rings (SSSR count). The highest BCUT2D eigenvalue weighted by molar-refractivity contribution is 5.85. The van der Waals surface area contributed by atoms with Gasteiger partial charge in [0.25, 0.3) is 0 Å². The molecule has 3 N–H and O–H groups in total. The molecule has 88 valence electrons. The van der Waals surface area contributed by atoms with Crippen LogP contribution in [0, 0.1) is 17.2 Å². The van der Waals surface area contributed by atoms with Crippen LogP contribution in [0.15, 0.2) is 12.7 Å². The predicted molar refractivity (Wildman–Crippen MR) is 68.7 cm³/mol. The van der Waals surface area contributed by atoms with Crippen molar-refractivity contribution in [2.45, 2.75) is 44.9 Å². The Labute approximate surface area is 99.2 Å². The lowest BCUT2D eigenvalue weighted by atomic mass is 9.79. The summed E-state index contributed by atoms with van der Waals surface area (Å²) in [5.74, 6) is 2.04. The van der Waals surface area contributed by atoms with Crippen LogP contribution in [0.1, 0.15) is 44.9 Å². The lowest BCUT2D eigenvalue weighted by Crippen LogP contribution is -2.17. The molecule has 1 fully saturated rings. The molecule has 0 bridgehead atoms. The van der Waals surface area contributed by atoms with Gasteiger partial charge in [-0.2, -0.15) is 0 Å². The lowest BCUT2D eigenvalue weighted by Gasteiger charge is -2.27. The molecular formula is C12H23ClN2. The van der Waals surface area contributed by atoms with Crippen molar-refractivity contribution in [1.29, 1.82) is 5.41 Å². The lowest BCUT2D eigenvalue weighted by molar-refractivity contribution is 0.267. The minimum absolute atomic E-state index is 0. The monoisotopic (exact) mass is 230 g/mol. The van der Waals surface area contributed by atoms with E-state index in [0.717, 1.165) is 24.7 Å². The summed E-state index contributed by atoms with van der Waals surface area (Å²) < 4.78 is 0. The van der Waals surface area contributed by atoms with Crippen LogP contribution in [-0.4, -0.2) is 5.84 Å². The largest absolute Gasteiger partial charge is 0.388 e. The van der Waals surface area contributed by atoms with Crippen LogP contribution >= 0.6 is 12.4 Å². The van der Waals surface area contributed by atoms with Crippen molar-refractivity contribution < 1.29 is 0 Å². The zero-order valence-corrected chi connectivity index (χ0v) is 10.2. The first-order chi connectivity index (χ1) is 6.72. The standard InChI is InChI=1S/C12H22N2.ClH/c1-2-3-10-4-6-11(7-5-10)8-9-12(13)14;/h2,10-11H,1,3-9H2,(H3,13,14);1H. The molecule has 1 aliphatic rings. The fourth-order valence-corrected chi connectivity index (χ4v) is 2.35. The minimum Gasteiger partial charge on any atom is -0.388 e. The van der Waals surface area contributed by atoms with Gasteiger partial charge in [0, 0.05) is 6.42 Å². The first-order valence-electron chi connectivity index (χ1n) is 5.66. The van der Waals surface area contributed by atoms with Crippen molar-refractivity contribution in [3.8, 4) is 0 Å². The molecule has 15 heavy (non-hydrogen) atoms. The number of hydrogen-bond donors (Lipinski definition) is 2. The minimum atomic E-state index is 0. The highest BCUT2D eigenvalue weighted by atomic mass is 35.5. The second kappa shape index (κ2) is 7.75. The molecule has 0 aromatic carbocycles. The number of rotatable bonds is 5. The molecule has 1 aliphatic carbocycles. The van der Waals surface area contributed by atoms with E-state index in [0.29, 0.717) is 5.84 Å². The summed E-state index contributed by atoms with van der Waals surface area (Å²) in [6, 6.07) is 0. The summed E-state index contributed by atoms with van der Waals surface area (Å²) in [5, 5.41) is 7.18. The summed E-state index contributed by atoms with van der Waals surface area (Å²) in [7, 11) is 0. The second-order valence-corrected chi connectivity index (χ2v) is 4.48. The molecule has 0 amide bonds. The van der Waals surface area contributed by atoms with Gasteiger partial charge in [-0.3, -0.25) is 5.41 Å². The van der Waals surface area contributed by atoms with E-state index in [4.69, 9.17) is 11.1 Å². The van der Waals surface area contributed by atoms with E-state index in [2.05, 4.69) is 6.58 Å². The normalized spacial score (nSPS) is 25.3. The van der Waals surface area contributed by atoms with E-state index >= 15 is 0 Å². The van der Waals surface area contributed by atoms with E-state index in [1.807, 2.05) is 6.08 Å². The Kier molecular flexibility index (Phi) is 7.49. The molecule has 0 aromatic rings. The average Bonchev–Trinajstić information content (AvgIpc) is 2.17. The van der Waals surface area contributed by atoms with Crippen molar-refractivity contribution >= 4 is 18.2 Å². The van der Waals surface area contributed by atoms with Gasteiger partial charge in [0.05, 0.1) is 5.84 Å². The van der Waals surface area contributed by atoms with Crippen LogP contribution in [0.2, 0.25) is 0 Å². The van der Waals surface area contributed by atoms with Crippen molar-refractivity contribution in [3.05, 3.63) is 12.7 Å². The summed E-state index contributed by atoms with van der Waals surface area (Å²) in [4.78, 5) is 0. The van der Waals surface area contributed by atoms with Crippen LogP contribution in [0.4, 0.5) is 0 Å². The highest BCUT2D eigenvalue weighted by Crippen LogP contribution is 2.33. The molecule has 1 saturated carbocycles. The number of allylic oxidation sites excluding steroid dienone is 1. The maximum atomic E-state index is 7.18. The molecule has 0 unspecified atom stereocenters. The summed E-state index contributed by atoms with van der Waals surface area (Å²) in [6.45, 7) is 3.79. The van der Waals surface area contributed by atoms with E-state index in [-0.39, 0.29) is 12.4 Å². The fraction of sp³-hybridized carbons (Fsp3) is 0.750. The van der Waals surface area contributed by atoms with Crippen LogP contribution in [0.3, 0.4) is 0 Å². The van der Waals surface area contributed by atoms with Gasteiger partial charge in [-0.05, 0) is 37.5 Å². The Morgan fingerprint density at radius 2 is 1.80 bits per heavy atom. The van der Waals surface area contributed by atoms with Crippen molar-refractivity contribution in [2.75, 3.05) is 0 Å². The number of halogens is 1. The average molecular weight is 231 g/mol. The molecule has 0 atom stereocenters. The molecule has 0 aromatic heterocycles. The number of nitrogens with one attached hydrogen (secondary N) is 1. The number of amidine groups is 1. The van der Waals surface area contributed by atoms with Crippen molar-refractivity contribution in [2.24, 2.45) is 17.6 Å². The molecule has 0 saturated heterocycles. The molecule has 0 heterocycles. The SMILES string of the molecule is C=CCC1CCC(CCC(=N)N)CC1.Cl. The summed E-state index contributed by atoms with van der Waals surface area (Å²) in [6.07, 6.45) is 10.5. The summed E-state index contributed by atoms with van der Waals surface area (Å²) in [5.41, 5.74) is 5.35. The Morgan fingerprint density at radius 1 is 1.27 bits per heavy atom. The number of hydrogen-bond acceptors (Lipinski definition) is 1. The molecule has 0 aliphatic heterocycles. The van der Waals surface area contributed by atoms with Crippen LogP contribution < -0.4 is 5.73 Å². The molecule has 3 heteroatoms. The van der Waals surface area contributed by atoms with Crippen LogP contribution in [0.5, 0.6) is 0 Å². The topological polar surface area (TPSA) is 49.9 Å². The van der Waals surface area contributed by atoms with Crippen LogP contribution in [0.25, 0.3) is 0 Å². The van der Waals surface area contributed by atoms with Gasteiger partial charge in [-0.15, -0.1) is 19.0 Å². The predicted octanol–water partition coefficient (Wildman–Crippen LogP) is 3.51. The third-order valence-corrected chi connectivity index (χ3v) is 3.29. The number of nitrogens with two attached hydrogens (primary N) is 1. The van der Waals surface area contributed by atoms with E-state index < -0.39 is 0 Å². The fourth-order valence-electron chi connectivity index (χ4n) is 2.35. The third kappa shape index (κ3) is 5.83. The Balaban J connectivity index is 0.00000196. The molecule has 2 nitrogen and oxygen atoms in total. The second-order valence-electron chi connectivity index (χ2n) is 4.48. The molecular weight excluding hydrogens is 208 g/mol. The van der Waals surface area contributed by atoms with E-state index in [1.165, 1.54) is 32.1 Å².